The quantitative estimate of drug-likeness (QED) is 0.559. The van der Waals surface area contributed by atoms with E-state index in [4.69, 9.17) is 11.5 Å². The molecular weight excluding hydrogens is 355 g/mol. The molecule has 0 bridgehead atoms. The fourth-order valence-electron chi connectivity index (χ4n) is 2.99. The van der Waals surface area contributed by atoms with Crippen molar-refractivity contribution in [3.8, 4) is 11.5 Å². The van der Waals surface area contributed by atoms with Gasteiger partial charge in [0.15, 0.2) is 5.82 Å². The van der Waals surface area contributed by atoms with E-state index in [9.17, 15) is 4.39 Å². The van der Waals surface area contributed by atoms with Gasteiger partial charge in [0.25, 0.3) is 0 Å². The van der Waals surface area contributed by atoms with E-state index in [1.807, 2.05) is 30.3 Å². The number of hydrogen-bond acceptors (Lipinski definition) is 5. The summed E-state index contributed by atoms with van der Waals surface area (Å²) in [7, 11) is 0. The predicted molar refractivity (Wildman–Crippen MR) is 107 cm³/mol. The molecule has 0 aliphatic rings. The predicted octanol–water partition coefficient (Wildman–Crippen LogP) is 3.28. The molecule has 2 heterocycles. The van der Waals surface area contributed by atoms with Crippen molar-refractivity contribution >= 4 is 11.6 Å². The number of rotatable bonds is 5. The Hall–Kier alpha value is -3.74. The summed E-state index contributed by atoms with van der Waals surface area (Å²) in [5, 5.41) is 4.43. The number of benzene rings is 2. The number of nitrogens with zero attached hydrogens (tertiary/aromatic N) is 4. The molecule has 0 amide bonds. The van der Waals surface area contributed by atoms with Crippen molar-refractivity contribution in [1.29, 1.82) is 0 Å². The zero-order valence-corrected chi connectivity index (χ0v) is 15.1. The number of halogens is 1. The molecule has 0 saturated heterocycles. The van der Waals surface area contributed by atoms with Gasteiger partial charge in [0, 0.05) is 23.7 Å². The van der Waals surface area contributed by atoms with Crippen molar-refractivity contribution in [2.45, 2.75) is 13.0 Å². The molecular formula is C21H19FN6. The molecule has 7 heteroatoms. The van der Waals surface area contributed by atoms with Crippen molar-refractivity contribution in [3.05, 3.63) is 89.4 Å². The highest BCUT2D eigenvalue weighted by atomic mass is 19.1. The maximum absolute atomic E-state index is 13.8. The second-order valence-electron chi connectivity index (χ2n) is 6.45. The van der Waals surface area contributed by atoms with Crippen molar-refractivity contribution in [3.63, 3.8) is 0 Å². The van der Waals surface area contributed by atoms with Gasteiger partial charge in [-0.05, 0) is 17.7 Å². The lowest BCUT2D eigenvalue weighted by molar-refractivity contribution is 0.585. The van der Waals surface area contributed by atoms with E-state index in [1.165, 1.54) is 6.07 Å². The molecule has 4 aromatic rings. The summed E-state index contributed by atoms with van der Waals surface area (Å²) in [4.78, 5) is 8.75. The van der Waals surface area contributed by atoms with Gasteiger partial charge >= 0.3 is 0 Å². The van der Waals surface area contributed by atoms with Crippen LogP contribution in [0.15, 0.2) is 66.9 Å². The van der Waals surface area contributed by atoms with Gasteiger partial charge in [0.05, 0.1) is 6.54 Å². The highest BCUT2D eigenvalue weighted by Gasteiger charge is 2.14. The molecule has 0 spiro atoms. The second kappa shape index (κ2) is 7.48. The Morgan fingerprint density at radius 2 is 1.54 bits per heavy atom. The summed E-state index contributed by atoms with van der Waals surface area (Å²) in [5.41, 5.74) is 15.1. The molecule has 4 rings (SSSR count). The molecule has 0 saturated carbocycles. The van der Waals surface area contributed by atoms with E-state index in [1.54, 1.807) is 35.1 Å². The van der Waals surface area contributed by atoms with Crippen LogP contribution in [0.1, 0.15) is 16.7 Å². The highest BCUT2D eigenvalue weighted by Crippen LogP contribution is 2.24. The fourth-order valence-corrected chi connectivity index (χ4v) is 2.99. The third kappa shape index (κ3) is 3.68. The molecule has 0 radical (unpaired) electrons. The molecule has 6 nitrogen and oxygen atoms in total. The fraction of sp³-hybridized carbons (Fsp3) is 0.0952. The Morgan fingerprint density at radius 3 is 2.25 bits per heavy atom. The lowest BCUT2D eigenvalue weighted by atomic mass is 10.1. The van der Waals surface area contributed by atoms with Crippen molar-refractivity contribution < 1.29 is 4.39 Å². The van der Waals surface area contributed by atoms with E-state index in [0.717, 1.165) is 5.56 Å². The summed E-state index contributed by atoms with van der Waals surface area (Å²) >= 11 is 0. The first-order chi connectivity index (χ1) is 13.6. The van der Waals surface area contributed by atoms with Gasteiger partial charge in [0.2, 0.25) is 0 Å². The van der Waals surface area contributed by atoms with E-state index in [0.29, 0.717) is 47.2 Å². The average molecular weight is 374 g/mol. The first-order valence-electron chi connectivity index (χ1n) is 8.83. The van der Waals surface area contributed by atoms with E-state index in [-0.39, 0.29) is 5.82 Å². The van der Waals surface area contributed by atoms with Crippen molar-refractivity contribution in [2.24, 2.45) is 0 Å². The zero-order valence-electron chi connectivity index (χ0n) is 15.1. The van der Waals surface area contributed by atoms with Gasteiger partial charge in [-0.3, -0.25) is 4.68 Å². The topological polar surface area (TPSA) is 95.6 Å². The Balaban J connectivity index is 1.58. The summed E-state index contributed by atoms with van der Waals surface area (Å²) < 4.78 is 15.5. The molecule has 140 valence electrons. The van der Waals surface area contributed by atoms with Gasteiger partial charge in [-0.15, -0.1) is 0 Å². The monoisotopic (exact) mass is 374 g/mol. The number of anilines is 2. The Morgan fingerprint density at radius 1 is 0.857 bits per heavy atom. The third-order valence-corrected chi connectivity index (χ3v) is 4.45. The zero-order chi connectivity index (χ0) is 19.5. The van der Waals surface area contributed by atoms with Crippen LogP contribution < -0.4 is 11.5 Å². The summed E-state index contributed by atoms with van der Waals surface area (Å²) in [6, 6.07) is 18.2. The number of nitrogen functional groups attached to an aromatic ring is 2. The number of hydrogen-bond donors (Lipinski definition) is 2. The summed E-state index contributed by atoms with van der Waals surface area (Å²) in [5.74, 6) is 0.735. The second-order valence-corrected chi connectivity index (χ2v) is 6.45. The minimum Gasteiger partial charge on any atom is -0.383 e. The Bertz CT molecular complexity index is 1080. The van der Waals surface area contributed by atoms with Crippen LogP contribution in [0.4, 0.5) is 16.0 Å². The lowest BCUT2D eigenvalue weighted by Crippen LogP contribution is -2.08. The largest absolute Gasteiger partial charge is 0.383 e. The lowest BCUT2D eigenvalue weighted by Gasteiger charge is -2.09. The minimum atomic E-state index is -0.269. The molecule has 28 heavy (non-hydrogen) atoms. The molecule has 4 N–H and O–H groups in total. The normalized spacial score (nSPS) is 10.9. The SMILES string of the molecule is Nc1nc(-c2ccn(Cc3ccccc3F)n2)nc(N)c1Cc1ccccc1. The molecule has 2 aromatic carbocycles. The smallest absolute Gasteiger partial charge is 0.184 e. The number of aromatic nitrogens is 4. The van der Waals surface area contributed by atoms with E-state index in [2.05, 4.69) is 15.1 Å². The molecule has 0 atom stereocenters. The molecule has 0 aliphatic carbocycles. The summed E-state index contributed by atoms with van der Waals surface area (Å²) in [6.07, 6.45) is 2.30. The van der Waals surface area contributed by atoms with E-state index >= 15 is 0 Å². The van der Waals surface area contributed by atoms with Crippen LogP contribution in [0, 0.1) is 5.82 Å². The van der Waals surface area contributed by atoms with Gasteiger partial charge in [-0.2, -0.15) is 5.10 Å². The van der Waals surface area contributed by atoms with Crippen LogP contribution in [0.3, 0.4) is 0 Å². The molecule has 2 aromatic heterocycles. The third-order valence-electron chi connectivity index (χ3n) is 4.45. The van der Waals surface area contributed by atoms with Crippen LogP contribution in [-0.2, 0) is 13.0 Å². The first kappa shape index (κ1) is 17.7. The van der Waals surface area contributed by atoms with Crippen molar-refractivity contribution in [1.82, 2.24) is 19.7 Å². The molecule has 0 aliphatic heterocycles. The van der Waals surface area contributed by atoms with Crippen LogP contribution >= 0.6 is 0 Å². The van der Waals surface area contributed by atoms with E-state index < -0.39 is 0 Å². The number of nitrogens with two attached hydrogens (primary N) is 2. The molecule has 0 unspecified atom stereocenters. The standard InChI is InChI=1S/C21H19FN6/c22-17-9-5-4-8-15(17)13-28-11-10-18(27-28)21-25-19(23)16(20(24)26-21)12-14-6-2-1-3-7-14/h1-11H,12-13H2,(H4,23,24,25,26). The Kier molecular flexibility index (Phi) is 4.72. The van der Waals surface area contributed by atoms with Crippen LogP contribution in [0.25, 0.3) is 11.5 Å². The van der Waals surface area contributed by atoms with Gasteiger partial charge in [-0.1, -0.05) is 48.5 Å². The highest BCUT2D eigenvalue weighted by molar-refractivity contribution is 5.61. The Labute approximate surface area is 161 Å². The maximum atomic E-state index is 13.8. The minimum absolute atomic E-state index is 0.269. The van der Waals surface area contributed by atoms with Gasteiger partial charge in [-0.25, -0.2) is 14.4 Å². The van der Waals surface area contributed by atoms with Crippen LogP contribution in [-0.4, -0.2) is 19.7 Å². The van der Waals surface area contributed by atoms with Crippen molar-refractivity contribution in [2.75, 3.05) is 11.5 Å². The summed E-state index contributed by atoms with van der Waals surface area (Å²) in [6.45, 7) is 0.309. The molecule has 0 fully saturated rings. The van der Waals surface area contributed by atoms with Gasteiger partial charge < -0.3 is 11.5 Å². The average Bonchev–Trinajstić information content (AvgIpc) is 3.16. The van der Waals surface area contributed by atoms with Crippen LogP contribution in [0.5, 0.6) is 0 Å². The maximum Gasteiger partial charge on any atom is 0.184 e. The van der Waals surface area contributed by atoms with Gasteiger partial charge in [0.1, 0.15) is 23.1 Å². The van der Waals surface area contributed by atoms with Crippen LogP contribution in [0.2, 0.25) is 0 Å². The first-order valence-corrected chi connectivity index (χ1v) is 8.83.